The lowest BCUT2D eigenvalue weighted by Gasteiger charge is -2.07. The number of nitrogens with zero attached hydrogens (tertiary/aromatic N) is 2. The molecule has 1 amide bonds. The maximum atomic E-state index is 13.2. The van der Waals surface area contributed by atoms with E-state index in [9.17, 15) is 9.18 Å². The lowest BCUT2D eigenvalue weighted by atomic mass is 10.0. The number of anilines is 1. The molecule has 0 saturated heterocycles. The fourth-order valence-electron chi connectivity index (χ4n) is 2.34. The average molecular weight is 345 g/mol. The molecular weight excluding hydrogens is 331 g/mol. The van der Waals surface area contributed by atoms with Gasteiger partial charge in [0.25, 0.3) is 0 Å². The van der Waals surface area contributed by atoms with Crippen LogP contribution in [-0.2, 0) is 4.79 Å². The number of carbonyl (C=O) groups is 1. The van der Waals surface area contributed by atoms with E-state index in [1.807, 2.05) is 12.1 Å². The fraction of sp³-hybridized carbons (Fsp3) is 0.118. The van der Waals surface area contributed by atoms with Crippen LogP contribution in [0.15, 0.2) is 48.8 Å². The number of alkyl halides is 1. The van der Waals surface area contributed by atoms with Crippen LogP contribution in [-0.4, -0.2) is 27.0 Å². The van der Waals surface area contributed by atoms with Gasteiger partial charge in [0.1, 0.15) is 5.82 Å². The number of hydrogen-bond acceptors (Lipinski definition) is 3. The van der Waals surface area contributed by atoms with Crippen molar-refractivity contribution in [2.45, 2.75) is 6.42 Å². The first-order valence-electron chi connectivity index (χ1n) is 7.29. The van der Waals surface area contributed by atoms with E-state index >= 15 is 0 Å². The van der Waals surface area contributed by atoms with Crippen LogP contribution in [0.25, 0.3) is 22.4 Å². The quantitative estimate of drug-likeness (QED) is 0.691. The SMILES string of the molecule is O=C(CCCl)Nc1n[nH]c(-c2ccc(F)cc2)c1-c1ccncc1. The smallest absolute Gasteiger partial charge is 0.226 e. The van der Waals surface area contributed by atoms with Gasteiger partial charge in [-0.05, 0) is 42.0 Å². The van der Waals surface area contributed by atoms with Crippen LogP contribution < -0.4 is 5.32 Å². The predicted molar refractivity (Wildman–Crippen MR) is 91.2 cm³/mol. The van der Waals surface area contributed by atoms with E-state index in [1.54, 1.807) is 24.5 Å². The van der Waals surface area contributed by atoms with Gasteiger partial charge in [0.05, 0.1) is 11.3 Å². The molecule has 0 bridgehead atoms. The number of amides is 1. The highest BCUT2D eigenvalue weighted by atomic mass is 35.5. The highest BCUT2D eigenvalue weighted by molar-refractivity contribution is 6.19. The number of aromatic nitrogens is 3. The molecule has 0 fully saturated rings. The van der Waals surface area contributed by atoms with Crippen molar-refractivity contribution in [3.63, 3.8) is 0 Å². The molecule has 2 aromatic heterocycles. The van der Waals surface area contributed by atoms with Crippen LogP contribution in [0.3, 0.4) is 0 Å². The van der Waals surface area contributed by atoms with Crippen molar-refractivity contribution >= 4 is 23.3 Å². The number of pyridine rings is 1. The van der Waals surface area contributed by atoms with Crippen molar-refractivity contribution in [2.24, 2.45) is 0 Å². The number of hydrogen-bond donors (Lipinski definition) is 2. The van der Waals surface area contributed by atoms with Gasteiger partial charge in [0.15, 0.2) is 5.82 Å². The lowest BCUT2D eigenvalue weighted by Crippen LogP contribution is -2.12. The second-order valence-electron chi connectivity index (χ2n) is 5.05. The van der Waals surface area contributed by atoms with Crippen molar-refractivity contribution in [1.82, 2.24) is 15.2 Å². The van der Waals surface area contributed by atoms with E-state index < -0.39 is 0 Å². The Balaban J connectivity index is 2.08. The molecule has 5 nitrogen and oxygen atoms in total. The zero-order valence-corrected chi connectivity index (χ0v) is 13.3. The summed E-state index contributed by atoms with van der Waals surface area (Å²) in [5.74, 6) is 0.0820. The first-order valence-corrected chi connectivity index (χ1v) is 7.83. The third kappa shape index (κ3) is 3.44. The Labute approximate surface area is 142 Å². The molecular formula is C17H14ClFN4O. The number of nitrogens with one attached hydrogen (secondary N) is 2. The Bertz CT molecular complexity index is 834. The lowest BCUT2D eigenvalue weighted by molar-refractivity contribution is -0.115. The number of aromatic amines is 1. The molecule has 0 unspecified atom stereocenters. The monoisotopic (exact) mass is 344 g/mol. The van der Waals surface area contributed by atoms with E-state index in [1.165, 1.54) is 12.1 Å². The van der Waals surface area contributed by atoms with Gasteiger partial charge >= 0.3 is 0 Å². The minimum Gasteiger partial charge on any atom is -0.309 e. The van der Waals surface area contributed by atoms with Gasteiger partial charge < -0.3 is 5.32 Å². The molecule has 7 heteroatoms. The Morgan fingerprint density at radius 1 is 1.12 bits per heavy atom. The summed E-state index contributed by atoms with van der Waals surface area (Å²) in [5.41, 5.74) is 2.99. The highest BCUT2D eigenvalue weighted by Gasteiger charge is 2.18. The van der Waals surface area contributed by atoms with Crippen LogP contribution in [0.2, 0.25) is 0 Å². The molecule has 0 atom stereocenters. The Morgan fingerprint density at radius 2 is 1.83 bits per heavy atom. The molecule has 122 valence electrons. The molecule has 24 heavy (non-hydrogen) atoms. The normalized spacial score (nSPS) is 10.6. The molecule has 2 N–H and O–H groups in total. The molecule has 3 aromatic rings. The summed E-state index contributed by atoms with van der Waals surface area (Å²) in [6.07, 6.45) is 3.50. The van der Waals surface area contributed by atoms with Gasteiger partial charge in [-0.2, -0.15) is 5.10 Å². The third-order valence-corrected chi connectivity index (χ3v) is 3.64. The van der Waals surface area contributed by atoms with Crippen LogP contribution >= 0.6 is 11.6 Å². The van der Waals surface area contributed by atoms with E-state index in [4.69, 9.17) is 11.6 Å². The summed E-state index contributed by atoms with van der Waals surface area (Å²) in [4.78, 5) is 15.9. The molecule has 0 aliphatic heterocycles. The van der Waals surface area contributed by atoms with Crippen molar-refractivity contribution in [3.8, 4) is 22.4 Å². The van der Waals surface area contributed by atoms with Gasteiger partial charge in [-0.25, -0.2) is 4.39 Å². The first-order chi connectivity index (χ1) is 11.7. The molecule has 2 heterocycles. The first kappa shape index (κ1) is 16.1. The second-order valence-corrected chi connectivity index (χ2v) is 5.43. The van der Waals surface area contributed by atoms with E-state index in [0.717, 1.165) is 11.1 Å². The topological polar surface area (TPSA) is 70.7 Å². The average Bonchev–Trinajstić information content (AvgIpc) is 3.00. The van der Waals surface area contributed by atoms with Crippen molar-refractivity contribution < 1.29 is 9.18 Å². The van der Waals surface area contributed by atoms with Crippen LogP contribution in [0.5, 0.6) is 0 Å². The predicted octanol–water partition coefficient (Wildman–Crippen LogP) is 3.85. The Hall–Kier alpha value is -2.73. The minimum absolute atomic E-state index is 0.191. The second kappa shape index (κ2) is 7.23. The molecule has 3 rings (SSSR count). The van der Waals surface area contributed by atoms with Crippen LogP contribution in [0.1, 0.15) is 6.42 Å². The summed E-state index contributed by atoms with van der Waals surface area (Å²) >= 11 is 5.60. The summed E-state index contributed by atoms with van der Waals surface area (Å²) in [6.45, 7) is 0. The maximum absolute atomic E-state index is 13.2. The van der Waals surface area contributed by atoms with E-state index in [0.29, 0.717) is 17.1 Å². The number of halogens is 2. The molecule has 1 aromatic carbocycles. The van der Waals surface area contributed by atoms with Gasteiger partial charge in [-0.15, -0.1) is 11.6 Å². The van der Waals surface area contributed by atoms with Gasteiger partial charge in [0.2, 0.25) is 5.91 Å². The zero-order chi connectivity index (χ0) is 16.9. The molecule has 0 radical (unpaired) electrons. The van der Waals surface area contributed by atoms with Gasteiger partial charge in [0, 0.05) is 30.3 Å². The molecule has 0 spiro atoms. The van der Waals surface area contributed by atoms with Crippen molar-refractivity contribution in [2.75, 3.05) is 11.2 Å². The van der Waals surface area contributed by atoms with Crippen molar-refractivity contribution in [3.05, 3.63) is 54.6 Å². The van der Waals surface area contributed by atoms with Crippen LogP contribution in [0, 0.1) is 5.82 Å². The summed E-state index contributed by atoms with van der Waals surface area (Å²) < 4.78 is 13.2. The summed E-state index contributed by atoms with van der Waals surface area (Å²) in [5, 5.41) is 9.87. The third-order valence-electron chi connectivity index (χ3n) is 3.45. The van der Waals surface area contributed by atoms with Gasteiger partial charge in [-0.3, -0.25) is 14.9 Å². The number of H-pyrrole nitrogens is 1. The highest BCUT2D eigenvalue weighted by Crippen LogP contribution is 2.35. The van der Waals surface area contributed by atoms with Crippen LogP contribution in [0.4, 0.5) is 10.2 Å². The standard InChI is InChI=1S/C17H14ClFN4O/c18-8-5-14(24)21-17-15(11-6-9-20-10-7-11)16(22-23-17)12-1-3-13(19)4-2-12/h1-4,6-7,9-10H,5,8H2,(H2,21,22,23,24). The van der Waals surface area contributed by atoms with E-state index in [2.05, 4.69) is 20.5 Å². The molecule has 0 saturated carbocycles. The summed E-state index contributed by atoms with van der Waals surface area (Å²) in [6, 6.07) is 9.68. The fourth-order valence-corrected chi connectivity index (χ4v) is 2.51. The number of benzene rings is 1. The van der Waals surface area contributed by atoms with Gasteiger partial charge in [-0.1, -0.05) is 0 Å². The number of carbonyl (C=O) groups excluding carboxylic acids is 1. The largest absolute Gasteiger partial charge is 0.309 e. The molecule has 0 aliphatic carbocycles. The van der Waals surface area contributed by atoms with Crippen molar-refractivity contribution in [1.29, 1.82) is 0 Å². The Kier molecular flexibility index (Phi) is 4.86. The minimum atomic E-state index is -0.320. The summed E-state index contributed by atoms with van der Waals surface area (Å²) in [7, 11) is 0. The zero-order valence-electron chi connectivity index (χ0n) is 12.6. The maximum Gasteiger partial charge on any atom is 0.226 e. The number of rotatable bonds is 5. The Morgan fingerprint density at radius 3 is 2.50 bits per heavy atom. The molecule has 0 aliphatic rings. The van der Waals surface area contributed by atoms with E-state index in [-0.39, 0.29) is 24.0 Å².